The van der Waals surface area contributed by atoms with Crippen molar-refractivity contribution in [3.05, 3.63) is 144 Å². The maximum atomic E-state index is 14.0. The molecule has 0 spiro atoms. The summed E-state index contributed by atoms with van der Waals surface area (Å²) in [5.74, 6) is -0.307. The van der Waals surface area contributed by atoms with Crippen LogP contribution >= 0.6 is 22.9 Å². The minimum atomic E-state index is -0.646. The molecule has 0 bridgehead atoms. The largest absolute Gasteiger partial charge is 0.322 e. The van der Waals surface area contributed by atoms with Crippen LogP contribution in [0.1, 0.15) is 29.8 Å². The van der Waals surface area contributed by atoms with Crippen LogP contribution in [0.3, 0.4) is 0 Å². The second-order valence-electron chi connectivity index (χ2n) is 9.35. The van der Waals surface area contributed by atoms with Gasteiger partial charge >= 0.3 is 0 Å². The van der Waals surface area contributed by atoms with E-state index in [0.29, 0.717) is 42.7 Å². The van der Waals surface area contributed by atoms with Crippen molar-refractivity contribution in [2.75, 3.05) is 5.32 Å². The number of aryl methyl sites for hydroxylation is 1. The van der Waals surface area contributed by atoms with E-state index in [9.17, 15) is 9.59 Å². The molecule has 0 saturated heterocycles. The lowest BCUT2D eigenvalue weighted by atomic mass is 9.95. The van der Waals surface area contributed by atoms with Gasteiger partial charge in [-0.3, -0.25) is 14.2 Å². The van der Waals surface area contributed by atoms with Gasteiger partial charge in [-0.25, -0.2) is 9.67 Å². The highest BCUT2D eigenvalue weighted by molar-refractivity contribution is 7.07. The number of hydrogen-bond donors (Lipinski definition) is 1. The summed E-state index contributed by atoms with van der Waals surface area (Å²) in [6.07, 6.45) is 1.76. The molecule has 1 aliphatic heterocycles. The van der Waals surface area contributed by atoms with Crippen molar-refractivity contribution < 1.29 is 4.79 Å². The van der Waals surface area contributed by atoms with Gasteiger partial charge in [0.2, 0.25) is 0 Å². The Kier molecular flexibility index (Phi) is 6.79. The molecule has 0 saturated carbocycles. The second kappa shape index (κ2) is 10.6. The molecule has 9 heteroatoms. The molecule has 1 aliphatic rings. The first-order chi connectivity index (χ1) is 19.4. The lowest BCUT2D eigenvalue weighted by Crippen LogP contribution is -2.40. The van der Waals surface area contributed by atoms with Gasteiger partial charge in [0, 0.05) is 11.3 Å². The summed E-state index contributed by atoms with van der Waals surface area (Å²) in [6.45, 7) is 3.66. The van der Waals surface area contributed by atoms with E-state index in [1.165, 1.54) is 11.3 Å². The SMILES string of the molecule is CC1=C(C(=O)Nc2ccccc2)[C@@H](c2ccccc2)n2c(sc(=Cc3c(C)nn(-c4ccccc4)c3Cl)c2=O)=N1. The third-order valence-electron chi connectivity index (χ3n) is 6.74. The van der Waals surface area contributed by atoms with E-state index in [0.717, 1.165) is 11.3 Å². The van der Waals surface area contributed by atoms with Crippen LogP contribution in [0.25, 0.3) is 11.8 Å². The Labute approximate surface area is 239 Å². The van der Waals surface area contributed by atoms with Crippen molar-refractivity contribution in [1.82, 2.24) is 14.3 Å². The molecule has 3 aromatic carbocycles. The van der Waals surface area contributed by atoms with E-state index in [2.05, 4.69) is 10.4 Å². The number of halogens is 1. The minimum absolute atomic E-state index is 0.252. The van der Waals surface area contributed by atoms with Crippen LogP contribution in [0.5, 0.6) is 0 Å². The zero-order valence-corrected chi connectivity index (χ0v) is 23.3. The highest BCUT2D eigenvalue weighted by atomic mass is 35.5. The van der Waals surface area contributed by atoms with E-state index in [4.69, 9.17) is 16.6 Å². The third-order valence-corrected chi connectivity index (χ3v) is 8.08. The summed E-state index contributed by atoms with van der Waals surface area (Å²) in [5.41, 5.74) is 4.37. The van der Waals surface area contributed by atoms with Crippen LogP contribution in [-0.2, 0) is 4.79 Å². The molecule has 0 unspecified atom stereocenters. The summed E-state index contributed by atoms with van der Waals surface area (Å²) in [6, 6.07) is 27.7. The van der Waals surface area contributed by atoms with E-state index in [1.54, 1.807) is 22.2 Å². The molecule has 7 nitrogen and oxygen atoms in total. The number of hydrogen-bond acceptors (Lipinski definition) is 5. The number of nitrogens with one attached hydrogen (secondary N) is 1. The van der Waals surface area contributed by atoms with Gasteiger partial charge in [-0.1, -0.05) is 89.7 Å². The Morgan fingerprint density at radius 1 is 0.950 bits per heavy atom. The molecule has 2 aromatic heterocycles. The Morgan fingerprint density at radius 3 is 2.25 bits per heavy atom. The maximum absolute atomic E-state index is 14.0. The first-order valence-electron chi connectivity index (χ1n) is 12.7. The van der Waals surface area contributed by atoms with E-state index < -0.39 is 6.04 Å². The zero-order chi connectivity index (χ0) is 27.8. The summed E-state index contributed by atoms with van der Waals surface area (Å²) in [5, 5.41) is 7.98. The fourth-order valence-corrected chi connectivity index (χ4v) is 6.18. The second-order valence-corrected chi connectivity index (χ2v) is 10.7. The van der Waals surface area contributed by atoms with Crippen LogP contribution in [0.4, 0.5) is 5.69 Å². The van der Waals surface area contributed by atoms with E-state index in [-0.39, 0.29) is 11.5 Å². The highest BCUT2D eigenvalue weighted by Gasteiger charge is 2.32. The van der Waals surface area contributed by atoms with Crippen molar-refractivity contribution in [1.29, 1.82) is 0 Å². The molecule has 0 radical (unpaired) electrons. The number of para-hydroxylation sites is 2. The molecule has 1 N–H and O–H groups in total. The Balaban J connectivity index is 1.49. The van der Waals surface area contributed by atoms with E-state index in [1.807, 2.05) is 97.9 Å². The molecule has 0 aliphatic carbocycles. The Bertz CT molecular complexity index is 1940. The van der Waals surface area contributed by atoms with Crippen molar-refractivity contribution in [3.8, 4) is 5.69 Å². The van der Waals surface area contributed by atoms with Crippen LogP contribution in [0, 0.1) is 6.92 Å². The van der Waals surface area contributed by atoms with Gasteiger partial charge in [0.05, 0.1) is 33.2 Å². The van der Waals surface area contributed by atoms with Gasteiger partial charge in [-0.2, -0.15) is 5.10 Å². The summed E-state index contributed by atoms with van der Waals surface area (Å²) < 4.78 is 3.71. The number of aromatic nitrogens is 3. The molecule has 1 amide bonds. The number of fused-ring (bicyclic) bond motifs is 1. The fraction of sp³-hybridized carbons (Fsp3) is 0.0968. The predicted octanol–water partition coefficient (Wildman–Crippen LogP) is 5.02. The fourth-order valence-electron chi connectivity index (χ4n) is 4.83. The van der Waals surface area contributed by atoms with E-state index >= 15 is 0 Å². The molecule has 0 fully saturated rings. The molecule has 198 valence electrons. The van der Waals surface area contributed by atoms with Crippen LogP contribution in [0.2, 0.25) is 5.15 Å². The monoisotopic (exact) mass is 565 g/mol. The smallest absolute Gasteiger partial charge is 0.271 e. The number of carbonyl (C=O) groups excluding carboxylic acids is 1. The molecule has 6 rings (SSSR count). The Hall–Kier alpha value is -4.53. The summed E-state index contributed by atoms with van der Waals surface area (Å²) in [7, 11) is 0. The molecule has 3 heterocycles. The summed E-state index contributed by atoms with van der Waals surface area (Å²) >= 11 is 8.03. The topological polar surface area (TPSA) is 81.3 Å². The number of amides is 1. The van der Waals surface area contributed by atoms with Crippen LogP contribution < -0.4 is 20.2 Å². The maximum Gasteiger partial charge on any atom is 0.271 e. The first kappa shape index (κ1) is 25.7. The zero-order valence-electron chi connectivity index (χ0n) is 21.7. The number of thiazole rings is 1. The molecule has 5 aromatic rings. The number of anilines is 1. The number of rotatable bonds is 5. The van der Waals surface area contributed by atoms with Crippen molar-refractivity contribution in [2.24, 2.45) is 4.99 Å². The number of benzene rings is 3. The van der Waals surface area contributed by atoms with Gasteiger partial charge in [-0.15, -0.1) is 0 Å². The normalized spacial score (nSPS) is 15.1. The highest BCUT2D eigenvalue weighted by Crippen LogP contribution is 2.31. The molecule has 1 atom stereocenters. The van der Waals surface area contributed by atoms with Crippen molar-refractivity contribution >= 4 is 40.6 Å². The molecule has 40 heavy (non-hydrogen) atoms. The Morgan fingerprint density at radius 2 is 1.57 bits per heavy atom. The lowest BCUT2D eigenvalue weighted by molar-refractivity contribution is -0.113. The average molecular weight is 566 g/mol. The van der Waals surface area contributed by atoms with Gasteiger partial charge < -0.3 is 5.32 Å². The lowest BCUT2D eigenvalue weighted by Gasteiger charge is -2.25. The standard InChI is InChI=1S/C31H24ClN5O2S/c1-19-24(28(32)37(35-19)23-16-10-5-11-17-23)18-25-30(39)36-27(21-12-6-3-7-13-21)26(20(2)33-31(36)40-25)29(38)34-22-14-8-4-9-15-22/h3-18,27H,1-2H3,(H,34,38)/t27-/m1/s1. The van der Waals surface area contributed by atoms with Gasteiger partial charge in [0.1, 0.15) is 5.15 Å². The number of carbonyl (C=O) groups is 1. The van der Waals surface area contributed by atoms with Crippen molar-refractivity contribution in [2.45, 2.75) is 19.9 Å². The van der Waals surface area contributed by atoms with Gasteiger partial charge in [0.15, 0.2) is 4.80 Å². The average Bonchev–Trinajstić information content (AvgIpc) is 3.43. The summed E-state index contributed by atoms with van der Waals surface area (Å²) in [4.78, 5) is 32.9. The van der Waals surface area contributed by atoms with Gasteiger partial charge in [0.25, 0.3) is 11.5 Å². The minimum Gasteiger partial charge on any atom is -0.322 e. The third kappa shape index (κ3) is 4.61. The number of allylic oxidation sites excluding steroid dienone is 1. The van der Waals surface area contributed by atoms with Crippen LogP contribution in [-0.4, -0.2) is 20.3 Å². The first-order valence-corrected chi connectivity index (χ1v) is 13.9. The van der Waals surface area contributed by atoms with Crippen LogP contribution in [0.15, 0.2) is 112 Å². The van der Waals surface area contributed by atoms with Gasteiger partial charge in [-0.05, 0) is 49.8 Å². The molecular formula is C31H24ClN5O2S. The molecular weight excluding hydrogens is 542 g/mol. The quantitative estimate of drug-likeness (QED) is 0.325. The van der Waals surface area contributed by atoms with Crippen molar-refractivity contribution in [3.63, 3.8) is 0 Å². The predicted molar refractivity (Wildman–Crippen MR) is 159 cm³/mol. The number of nitrogens with zero attached hydrogens (tertiary/aromatic N) is 4.